The van der Waals surface area contributed by atoms with Gasteiger partial charge in [-0.15, -0.1) is 0 Å². The summed E-state index contributed by atoms with van der Waals surface area (Å²) < 4.78 is 0. The van der Waals surface area contributed by atoms with Gasteiger partial charge in [-0.1, -0.05) is 58.0 Å². The van der Waals surface area contributed by atoms with Gasteiger partial charge in [-0.25, -0.2) is 4.98 Å². The summed E-state index contributed by atoms with van der Waals surface area (Å²) in [5, 5.41) is 0. The molecule has 0 amide bonds. The molecule has 1 fully saturated rings. The van der Waals surface area contributed by atoms with Crippen LogP contribution in [0.4, 0.5) is 5.82 Å². The lowest BCUT2D eigenvalue weighted by Crippen LogP contribution is -2.33. The van der Waals surface area contributed by atoms with E-state index in [1.807, 2.05) is 0 Å². The van der Waals surface area contributed by atoms with Gasteiger partial charge in [-0.3, -0.25) is 0 Å². The molecule has 1 aromatic heterocycles. The standard InChI is InChI=1S/C26H34N2/c1-19-8-7-16-28(17-13-19)24-10-6-9-23(27-24)20-11-12-21-22(18-20)26(4,5)15-14-25(21,2)3/h6,9-12,18H,1,7-8,13-17H2,2-5H3. The van der Waals surface area contributed by atoms with Crippen LogP contribution >= 0.6 is 0 Å². The van der Waals surface area contributed by atoms with Gasteiger partial charge in [0.2, 0.25) is 0 Å². The normalized spacial score (nSPS) is 21.1. The summed E-state index contributed by atoms with van der Waals surface area (Å²) >= 11 is 0. The summed E-state index contributed by atoms with van der Waals surface area (Å²) in [6.07, 6.45) is 5.88. The molecule has 0 unspecified atom stereocenters. The number of anilines is 1. The van der Waals surface area contributed by atoms with E-state index < -0.39 is 0 Å². The first-order valence-corrected chi connectivity index (χ1v) is 10.8. The lowest BCUT2D eigenvalue weighted by atomic mass is 9.63. The van der Waals surface area contributed by atoms with Crippen LogP contribution in [0.1, 0.15) is 70.9 Å². The van der Waals surface area contributed by atoms with E-state index in [1.54, 1.807) is 0 Å². The monoisotopic (exact) mass is 374 g/mol. The highest BCUT2D eigenvalue weighted by Crippen LogP contribution is 2.46. The lowest BCUT2D eigenvalue weighted by molar-refractivity contribution is 0.332. The van der Waals surface area contributed by atoms with Crippen molar-refractivity contribution in [3.8, 4) is 11.3 Å². The van der Waals surface area contributed by atoms with E-state index in [2.05, 4.69) is 75.6 Å². The first kappa shape index (κ1) is 19.2. The molecule has 0 saturated carbocycles. The van der Waals surface area contributed by atoms with E-state index >= 15 is 0 Å². The highest BCUT2D eigenvalue weighted by molar-refractivity contribution is 5.65. The number of fused-ring (bicyclic) bond motifs is 1. The molecule has 2 aliphatic rings. The molecule has 28 heavy (non-hydrogen) atoms. The van der Waals surface area contributed by atoms with Gasteiger partial charge >= 0.3 is 0 Å². The van der Waals surface area contributed by atoms with Crippen molar-refractivity contribution in [2.75, 3.05) is 18.0 Å². The number of benzene rings is 1. The smallest absolute Gasteiger partial charge is 0.129 e. The number of pyridine rings is 1. The quantitative estimate of drug-likeness (QED) is 0.547. The maximum Gasteiger partial charge on any atom is 0.129 e. The Balaban J connectivity index is 1.70. The largest absolute Gasteiger partial charge is 0.356 e. The van der Waals surface area contributed by atoms with E-state index in [1.165, 1.54) is 41.5 Å². The maximum absolute atomic E-state index is 5.06. The molecule has 0 bridgehead atoms. The van der Waals surface area contributed by atoms with Gasteiger partial charge in [0, 0.05) is 18.7 Å². The number of hydrogen-bond donors (Lipinski definition) is 0. The van der Waals surface area contributed by atoms with Crippen LogP contribution in [0.3, 0.4) is 0 Å². The highest BCUT2D eigenvalue weighted by atomic mass is 15.2. The molecule has 2 aromatic rings. The van der Waals surface area contributed by atoms with Crippen LogP contribution in [-0.4, -0.2) is 18.1 Å². The first-order chi connectivity index (χ1) is 13.3. The van der Waals surface area contributed by atoms with Gasteiger partial charge in [0.05, 0.1) is 5.69 Å². The molecule has 0 atom stereocenters. The molecule has 0 spiro atoms. The van der Waals surface area contributed by atoms with Crippen molar-refractivity contribution >= 4 is 5.82 Å². The summed E-state index contributed by atoms with van der Waals surface area (Å²) in [7, 11) is 0. The fraction of sp³-hybridized carbons (Fsp3) is 0.500. The fourth-order valence-corrected chi connectivity index (χ4v) is 4.79. The van der Waals surface area contributed by atoms with Crippen LogP contribution in [0.2, 0.25) is 0 Å². The number of aromatic nitrogens is 1. The molecular formula is C26H34N2. The van der Waals surface area contributed by atoms with Gasteiger partial charge in [0.25, 0.3) is 0 Å². The molecule has 0 N–H and O–H groups in total. The molecule has 1 aliphatic carbocycles. The topological polar surface area (TPSA) is 16.1 Å². The summed E-state index contributed by atoms with van der Waals surface area (Å²) in [6.45, 7) is 15.8. The van der Waals surface area contributed by atoms with E-state index in [0.717, 1.165) is 37.4 Å². The number of rotatable bonds is 2. The molecule has 4 rings (SSSR count). The molecule has 1 aromatic carbocycles. The second-order valence-corrected chi connectivity index (χ2v) is 10.00. The fourth-order valence-electron chi connectivity index (χ4n) is 4.79. The Hall–Kier alpha value is -2.09. The third-order valence-corrected chi connectivity index (χ3v) is 6.90. The zero-order valence-electron chi connectivity index (χ0n) is 18.0. The Morgan fingerprint density at radius 3 is 2.43 bits per heavy atom. The Morgan fingerprint density at radius 1 is 0.893 bits per heavy atom. The maximum atomic E-state index is 5.06. The van der Waals surface area contributed by atoms with Crippen LogP contribution in [0.15, 0.2) is 48.6 Å². The second kappa shape index (κ2) is 7.06. The minimum atomic E-state index is 0.226. The van der Waals surface area contributed by atoms with Gasteiger partial charge in [-0.2, -0.15) is 0 Å². The van der Waals surface area contributed by atoms with E-state index in [4.69, 9.17) is 4.98 Å². The predicted octanol–water partition coefficient (Wildman–Crippen LogP) is 6.64. The summed E-state index contributed by atoms with van der Waals surface area (Å²) in [5.74, 6) is 1.10. The van der Waals surface area contributed by atoms with Crippen molar-refractivity contribution in [1.82, 2.24) is 4.98 Å². The van der Waals surface area contributed by atoms with Crippen molar-refractivity contribution in [1.29, 1.82) is 0 Å². The van der Waals surface area contributed by atoms with Gasteiger partial charge in [-0.05, 0) is 72.3 Å². The lowest BCUT2D eigenvalue weighted by Gasteiger charge is -2.42. The van der Waals surface area contributed by atoms with Crippen LogP contribution in [-0.2, 0) is 10.8 Å². The second-order valence-electron chi connectivity index (χ2n) is 10.00. The summed E-state index contributed by atoms with van der Waals surface area (Å²) in [6, 6.07) is 13.5. The van der Waals surface area contributed by atoms with Gasteiger partial charge < -0.3 is 4.90 Å². The molecule has 1 saturated heterocycles. The number of nitrogens with zero attached hydrogens (tertiary/aromatic N) is 2. The summed E-state index contributed by atoms with van der Waals surface area (Å²) in [4.78, 5) is 7.49. The van der Waals surface area contributed by atoms with E-state index in [0.29, 0.717) is 0 Å². The van der Waals surface area contributed by atoms with E-state index in [9.17, 15) is 0 Å². The van der Waals surface area contributed by atoms with Crippen molar-refractivity contribution in [2.45, 2.75) is 70.6 Å². The minimum Gasteiger partial charge on any atom is -0.356 e. The average molecular weight is 375 g/mol. The third kappa shape index (κ3) is 3.62. The Labute approximate surface area is 170 Å². The molecule has 2 heterocycles. The van der Waals surface area contributed by atoms with Crippen LogP contribution in [0.25, 0.3) is 11.3 Å². The first-order valence-electron chi connectivity index (χ1n) is 10.8. The van der Waals surface area contributed by atoms with Crippen LogP contribution < -0.4 is 4.90 Å². The van der Waals surface area contributed by atoms with E-state index in [-0.39, 0.29) is 10.8 Å². The van der Waals surface area contributed by atoms with Crippen molar-refractivity contribution < 1.29 is 0 Å². The predicted molar refractivity (Wildman–Crippen MR) is 120 cm³/mol. The van der Waals surface area contributed by atoms with Crippen molar-refractivity contribution in [3.05, 3.63) is 59.7 Å². The minimum absolute atomic E-state index is 0.226. The Kier molecular flexibility index (Phi) is 4.85. The molecule has 2 heteroatoms. The average Bonchev–Trinajstić information content (AvgIpc) is 2.90. The van der Waals surface area contributed by atoms with Gasteiger partial charge in [0.1, 0.15) is 5.82 Å². The molecule has 1 aliphatic heterocycles. The molecular weight excluding hydrogens is 340 g/mol. The molecule has 148 valence electrons. The zero-order chi connectivity index (χ0) is 19.9. The van der Waals surface area contributed by atoms with Gasteiger partial charge in [0.15, 0.2) is 0 Å². The number of hydrogen-bond acceptors (Lipinski definition) is 2. The molecule has 0 radical (unpaired) electrons. The summed E-state index contributed by atoms with van der Waals surface area (Å²) in [5.41, 5.74) is 7.19. The highest BCUT2D eigenvalue weighted by Gasteiger charge is 2.37. The van der Waals surface area contributed by atoms with Crippen LogP contribution in [0.5, 0.6) is 0 Å². The van der Waals surface area contributed by atoms with Crippen molar-refractivity contribution in [3.63, 3.8) is 0 Å². The van der Waals surface area contributed by atoms with Crippen LogP contribution in [0, 0.1) is 0 Å². The SMILES string of the molecule is C=C1CCCN(c2cccc(-c3ccc4c(c3)C(C)(C)CCC4(C)C)n2)CC1. The molecule has 2 nitrogen and oxygen atoms in total. The Bertz CT molecular complexity index is 891. The van der Waals surface area contributed by atoms with Crippen molar-refractivity contribution in [2.24, 2.45) is 0 Å². The third-order valence-electron chi connectivity index (χ3n) is 6.90. The Morgan fingerprint density at radius 2 is 1.64 bits per heavy atom. The zero-order valence-corrected chi connectivity index (χ0v) is 18.0.